The van der Waals surface area contributed by atoms with Crippen LogP contribution in [-0.2, 0) is 6.42 Å². The van der Waals surface area contributed by atoms with Crippen LogP contribution in [0.5, 0.6) is 0 Å². The Bertz CT molecular complexity index is 758. The fraction of sp³-hybridized carbons (Fsp3) is 0.300. The number of fused-ring (bicyclic) bond motifs is 2. The van der Waals surface area contributed by atoms with Gasteiger partial charge >= 0.3 is 0 Å². The Hall–Kier alpha value is -1.47. The van der Waals surface area contributed by atoms with E-state index in [1.165, 1.54) is 59.2 Å². The van der Waals surface area contributed by atoms with Crippen LogP contribution in [0.4, 0.5) is 0 Å². The van der Waals surface area contributed by atoms with Crippen LogP contribution in [0.15, 0.2) is 53.4 Å². The Balaban J connectivity index is 2.04. The Morgan fingerprint density at radius 3 is 2.24 bits per heavy atom. The van der Waals surface area contributed by atoms with Gasteiger partial charge in [-0.25, -0.2) is 0 Å². The summed E-state index contributed by atoms with van der Waals surface area (Å²) in [6, 6.07) is 17.6. The van der Waals surface area contributed by atoms with Crippen LogP contribution in [0.1, 0.15) is 38.2 Å². The molecule has 3 aromatic carbocycles. The lowest BCUT2D eigenvalue weighted by atomic mass is 9.96. The number of hydrogen-bond acceptors (Lipinski definition) is 1. The van der Waals surface area contributed by atoms with Crippen molar-refractivity contribution in [3.8, 4) is 0 Å². The van der Waals surface area contributed by atoms with E-state index in [0.717, 1.165) is 4.90 Å². The number of aryl methyl sites for hydroxylation is 1. The van der Waals surface area contributed by atoms with Gasteiger partial charge in [-0.3, -0.25) is 0 Å². The monoisotopic (exact) mass is 294 g/mol. The molecule has 0 N–H and O–H groups in total. The standard InChI is InChI=1S/C20H22S/c1-2-3-4-5-8-15-11-12-20(21)19-14-17-10-7-6-9-16(17)13-18(15)19/h6-7,9-14,21H,2-5,8H2,1H3. The summed E-state index contributed by atoms with van der Waals surface area (Å²) >= 11 is 4.65. The highest BCUT2D eigenvalue weighted by molar-refractivity contribution is 7.80. The molecule has 0 amide bonds. The van der Waals surface area contributed by atoms with Gasteiger partial charge < -0.3 is 0 Å². The lowest BCUT2D eigenvalue weighted by Gasteiger charge is -2.10. The highest BCUT2D eigenvalue weighted by Crippen LogP contribution is 2.30. The summed E-state index contributed by atoms with van der Waals surface area (Å²) in [5, 5.41) is 5.27. The van der Waals surface area contributed by atoms with Crippen molar-refractivity contribution >= 4 is 34.2 Å². The Morgan fingerprint density at radius 2 is 1.52 bits per heavy atom. The minimum Gasteiger partial charge on any atom is -0.143 e. The zero-order valence-corrected chi connectivity index (χ0v) is 13.5. The predicted octanol–water partition coefficient (Wildman–Crippen LogP) is 6.40. The van der Waals surface area contributed by atoms with Gasteiger partial charge in [0, 0.05) is 4.90 Å². The summed E-state index contributed by atoms with van der Waals surface area (Å²) in [7, 11) is 0. The van der Waals surface area contributed by atoms with Crippen LogP contribution in [0, 0.1) is 0 Å². The molecule has 3 rings (SSSR count). The highest BCUT2D eigenvalue weighted by atomic mass is 32.1. The van der Waals surface area contributed by atoms with Crippen molar-refractivity contribution in [1.29, 1.82) is 0 Å². The molecule has 0 spiro atoms. The molecule has 1 heteroatoms. The van der Waals surface area contributed by atoms with Gasteiger partial charge in [-0.1, -0.05) is 56.5 Å². The van der Waals surface area contributed by atoms with E-state index >= 15 is 0 Å². The molecule has 0 aromatic heterocycles. The van der Waals surface area contributed by atoms with Crippen molar-refractivity contribution < 1.29 is 0 Å². The normalized spacial score (nSPS) is 11.3. The molecular formula is C20H22S. The maximum Gasteiger partial charge on any atom is 0.0119 e. The number of thiol groups is 1. The molecule has 0 heterocycles. The Morgan fingerprint density at radius 1 is 0.810 bits per heavy atom. The molecule has 0 aliphatic rings. The van der Waals surface area contributed by atoms with Crippen molar-refractivity contribution in [2.75, 3.05) is 0 Å². The van der Waals surface area contributed by atoms with Gasteiger partial charge in [0.1, 0.15) is 0 Å². The summed E-state index contributed by atoms with van der Waals surface area (Å²) in [4.78, 5) is 1.08. The van der Waals surface area contributed by atoms with E-state index in [9.17, 15) is 0 Å². The maximum atomic E-state index is 4.65. The first kappa shape index (κ1) is 14.5. The molecule has 0 bridgehead atoms. The number of rotatable bonds is 5. The smallest absolute Gasteiger partial charge is 0.0119 e. The first-order valence-corrected chi connectivity index (χ1v) is 8.37. The zero-order valence-electron chi connectivity index (χ0n) is 12.6. The van der Waals surface area contributed by atoms with Crippen LogP contribution < -0.4 is 0 Å². The highest BCUT2D eigenvalue weighted by Gasteiger charge is 2.06. The molecule has 21 heavy (non-hydrogen) atoms. The number of hydrogen-bond donors (Lipinski definition) is 1. The SMILES string of the molecule is CCCCCCc1ccc(S)c2cc3ccccc3cc12. The van der Waals surface area contributed by atoms with E-state index < -0.39 is 0 Å². The van der Waals surface area contributed by atoms with Crippen molar-refractivity contribution in [3.05, 3.63) is 54.1 Å². The average Bonchev–Trinajstić information content (AvgIpc) is 2.52. The van der Waals surface area contributed by atoms with Crippen LogP contribution in [0.3, 0.4) is 0 Å². The largest absolute Gasteiger partial charge is 0.143 e. The summed E-state index contributed by atoms with van der Waals surface area (Å²) in [6.45, 7) is 2.26. The summed E-state index contributed by atoms with van der Waals surface area (Å²) in [5.74, 6) is 0. The molecule has 108 valence electrons. The number of unbranched alkanes of at least 4 members (excludes halogenated alkanes) is 3. The second-order valence-electron chi connectivity index (χ2n) is 5.80. The Labute approximate surface area is 132 Å². The predicted molar refractivity (Wildman–Crippen MR) is 96.6 cm³/mol. The minimum atomic E-state index is 1.08. The van der Waals surface area contributed by atoms with E-state index in [1.54, 1.807) is 0 Å². The molecule has 0 saturated heterocycles. The van der Waals surface area contributed by atoms with E-state index in [2.05, 4.69) is 68.1 Å². The topological polar surface area (TPSA) is 0 Å². The zero-order chi connectivity index (χ0) is 14.7. The summed E-state index contributed by atoms with van der Waals surface area (Å²) in [5.41, 5.74) is 1.46. The van der Waals surface area contributed by atoms with E-state index in [4.69, 9.17) is 0 Å². The van der Waals surface area contributed by atoms with Crippen molar-refractivity contribution in [2.24, 2.45) is 0 Å². The van der Waals surface area contributed by atoms with Gasteiger partial charge in [-0.2, -0.15) is 0 Å². The van der Waals surface area contributed by atoms with Crippen molar-refractivity contribution in [1.82, 2.24) is 0 Å². The van der Waals surface area contributed by atoms with Crippen LogP contribution in [-0.4, -0.2) is 0 Å². The summed E-state index contributed by atoms with van der Waals surface area (Å²) in [6.07, 6.45) is 6.41. The van der Waals surface area contributed by atoms with Crippen LogP contribution >= 0.6 is 12.6 Å². The summed E-state index contributed by atoms with van der Waals surface area (Å²) < 4.78 is 0. The third kappa shape index (κ3) is 3.08. The van der Waals surface area contributed by atoms with E-state index in [-0.39, 0.29) is 0 Å². The molecule has 0 saturated carbocycles. The lowest BCUT2D eigenvalue weighted by molar-refractivity contribution is 0.668. The first-order chi connectivity index (χ1) is 10.3. The third-order valence-corrected chi connectivity index (χ3v) is 4.64. The molecule has 0 unspecified atom stereocenters. The second kappa shape index (κ2) is 6.53. The molecular weight excluding hydrogens is 272 g/mol. The molecule has 0 fully saturated rings. The second-order valence-corrected chi connectivity index (χ2v) is 6.28. The molecule has 3 aromatic rings. The quantitative estimate of drug-likeness (QED) is 0.314. The fourth-order valence-electron chi connectivity index (χ4n) is 3.04. The fourth-order valence-corrected chi connectivity index (χ4v) is 3.30. The van der Waals surface area contributed by atoms with Crippen molar-refractivity contribution in [2.45, 2.75) is 43.9 Å². The molecule has 0 nitrogen and oxygen atoms in total. The minimum absolute atomic E-state index is 1.08. The van der Waals surface area contributed by atoms with Gasteiger partial charge in [-0.05, 0) is 58.1 Å². The van der Waals surface area contributed by atoms with Gasteiger partial charge in [-0.15, -0.1) is 12.6 Å². The van der Waals surface area contributed by atoms with Crippen LogP contribution in [0.2, 0.25) is 0 Å². The molecule has 0 aliphatic heterocycles. The number of benzene rings is 3. The van der Waals surface area contributed by atoms with E-state index in [1.807, 2.05) is 0 Å². The van der Waals surface area contributed by atoms with Gasteiger partial charge in [0.05, 0.1) is 0 Å². The molecule has 0 aliphatic carbocycles. The molecule has 0 radical (unpaired) electrons. The first-order valence-electron chi connectivity index (χ1n) is 7.93. The molecule has 0 atom stereocenters. The van der Waals surface area contributed by atoms with E-state index in [0.29, 0.717) is 0 Å². The lowest BCUT2D eigenvalue weighted by Crippen LogP contribution is -1.90. The van der Waals surface area contributed by atoms with Gasteiger partial charge in [0.15, 0.2) is 0 Å². The van der Waals surface area contributed by atoms with Crippen molar-refractivity contribution in [3.63, 3.8) is 0 Å². The van der Waals surface area contributed by atoms with Gasteiger partial charge in [0.2, 0.25) is 0 Å². The van der Waals surface area contributed by atoms with Gasteiger partial charge in [0.25, 0.3) is 0 Å². The third-order valence-electron chi connectivity index (χ3n) is 4.25. The van der Waals surface area contributed by atoms with Crippen LogP contribution in [0.25, 0.3) is 21.5 Å². The maximum absolute atomic E-state index is 4.65. The average molecular weight is 294 g/mol. The Kier molecular flexibility index (Phi) is 4.50.